The van der Waals surface area contributed by atoms with E-state index >= 15 is 0 Å². The molecule has 1 aromatic heterocycles. The first kappa shape index (κ1) is 13.8. The molecule has 19 heavy (non-hydrogen) atoms. The molecule has 1 unspecified atom stereocenters. The molecule has 0 saturated carbocycles. The minimum absolute atomic E-state index is 0.230. The van der Waals surface area contributed by atoms with Crippen LogP contribution in [0, 0.1) is 0 Å². The minimum Gasteiger partial charge on any atom is -0.377 e. The van der Waals surface area contributed by atoms with Crippen LogP contribution in [0.15, 0.2) is 18.2 Å². The van der Waals surface area contributed by atoms with E-state index in [4.69, 9.17) is 46.4 Å². The average molecular weight is 353 g/mol. The molecule has 1 heterocycles. The molecule has 0 radical (unpaired) electrons. The van der Waals surface area contributed by atoms with Crippen molar-refractivity contribution < 1.29 is 0 Å². The van der Waals surface area contributed by atoms with Crippen molar-refractivity contribution in [1.82, 2.24) is 0 Å². The molecule has 0 fully saturated rings. The molecule has 6 heteroatoms. The summed E-state index contributed by atoms with van der Waals surface area (Å²) < 4.78 is 0.830. The molecule has 0 aliphatic heterocycles. The molecule has 0 amide bonds. The van der Waals surface area contributed by atoms with Crippen molar-refractivity contribution in [3.63, 3.8) is 0 Å². The summed E-state index contributed by atoms with van der Waals surface area (Å²) >= 11 is 25.8. The Bertz CT molecular complexity index is 638. The third-order valence-corrected chi connectivity index (χ3v) is 5.56. The van der Waals surface area contributed by atoms with Crippen molar-refractivity contribution in [1.29, 1.82) is 0 Å². The van der Waals surface area contributed by atoms with E-state index in [9.17, 15) is 0 Å². The van der Waals surface area contributed by atoms with Crippen LogP contribution >= 0.6 is 57.7 Å². The van der Waals surface area contributed by atoms with Gasteiger partial charge in [-0.25, -0.2) is 0 Å². The molecule has 1 aliphatic carbocycles. The molecular formula is C13H9Cl4NS. The summed E-state index contributed by atoms with van der Waals surface area (Å²) in [5, 5.41) is 4.95. The number of anilines is 1. The highest BCUT2D eigenvalue weighted by Gasteiger charge is 2.25. The number of nitrogens with one attached hydrogen (secondary N) is 1. The van der Waals surface area contributed by atoms with Crippen molar-refractivity contribution in [2.75, 3.05) is 5.32 Å². The average Bonchev–Trinajstić information content (AvgIpc) is 2.87. The monoisotopic (exact) mass is 351 g/mol. The van der Waals surface area contributed by atoms with Crippen molar-refractivity contribution in [2.24, 2.45) is 0 Å². The van der Waals surface area contributed by atoms with Crippen molar-refractivity contribution >= 4 is 63.4 Å². The van der Waals surface area contributed by atoms with Gasteiger partial charge in [-0.3, -0.25) is 0 Å². The van der Waals surface area contributed by atoms with Crippen LogP contribution in [0.2, 0.25) is 19.4 Å². The van der Waals surface area contributed by atoms with Crippen LogP contribution in [0.3, 0.4) is 0 Å². The largest absolute Gasteiger partial charge is 0.377 e. The number of hydrogen-bond acceptors (Lipinski definition) is 2. The molecule has 0 saturated heterocycles. The minimum atomic E-state index is 0.230. The summed E-state index contributed by atoms with van der Waals surface area (Å²) in [5.41, 5.74) is 2.06. The Kier molecular flexibility index (Phi) is 3.89. The molecular weight excluding hydrogens is 344 g/mol. The molecule has 3 rings (SSSR count). The molecule has 0 bridgehead atoms. The number of thiophene rings is 1. The van der Waals surface area contributed by atoms with Crippen LogP contribution < -0.4 is 5.32 Å². The Morgan fingerprint density at radius 1 is 1.00 bits per heavy atom. The van der Waals surface area contributed by atoms with Gasteiger partial charge in [0.2, 0.25) is 0 Å². The van der Waals surface area contributed by atoms with Gasteiger partial charge in [-0.05, 0) is 36.6 Å². The highest BCUT2D eigenvalue weighted by molar-refractivity contribution is 7.16. The van der Waals surface area contributed by atoms with Crippen LogP contribution in [0.5, 0.6) is 0 Å². The number of halogens is 4. The number of rotatable bonds is 2. The second-order valence-corrected chi connectivity index (χ2v) is 7.40. The first-order chi connectivity index (χ1) is 9.04. The zero-order valence-electron chi connectivity index (χ0n) is 9.64. The fourth-order valence-corrected chi connectivity index (χ4v) is 4.26. The molecule has 100 valence electrons. The fourth-order valence-electron chi connectivity index (χ4n) is 2.30. The SMILES string of the molecule is Clc1cc2c(s1)CCC2Nc1cc(Cl)c(Cl)cc1Cl. The Balaban J connectivity index is 1.89. The number of aryl methyl sites for hydroxylation is 1. The van der Waals surface area contributed by atoms with Gasteiger partial charge in [-0.2, -0.15) is 0 Å². The first-order valence-electron chi connectivity index (χ1n) is 5.74. The van der Waals surface area contributed by atoms with Crippen LogP contribution in [-0.2, 0) is 6.42 Å². The summed E-state index contributed by atoms with van der Waals surface area (Å²) in [4.78, 5) is 1.35. The summed E-state index contributed by atoms with van der Waals surface area (Å²) in [6.07, 6.45) is 2.08. The van der Waals surface area contributed by atoms with Crippen LogP contribution in [0.4, 0.5) is 5.69 Å². The summed E-state index contributed by atoms with van der Waals surface area (Å²) in [7, 11) is 0. The standard InChI is InChI=1S/C13H9Cl4NS/c14-7-4-9(16)11(5-8(7)15)18-10-1-2-12-6(10)3-13(17)19-12/h3-5,10,18H,1-2H2. The molecule has 1 aliphatic rings. The highest BCUT2D eigenvalue weighted by atomic mass is 35.5. The third kappa shape index (κ3) is 2.70. The van der Waals surface area contributed by atoms with Gasteiger partial charge < -0.3 is 5.32 Å². The number of fused-ring (bicyclic) bond motifs is 1. The quantitative estimate of drug-likeness (QED) is 0.611. The smallest absolute Gasteiger partial charge is 0.0934 e. The molecule has 0 spiro atoms. The predicted octanol–water partition coefficient (Wildman–Crippen LogP) is 6.46. The Morgan fingerprint density at radius 2 is 1.74 bits per heavy atom. The lowest BCUT2D eigenvalue weighted by Gasteiger charge is -2.16. The van der Waals surface area contributed by atoms with Crippen molar-refractivity contribution in [3.05, 3.63) is 48.0 Å². The Hall–Kier alpha value is -0.120. The van der Waals surface area contributed by atoms with Crippen LogP contribution in [-0.4, -0.2) is 0 Å². The van der Waals surface area contributed by atoms with E-state index in [2.05, 4.69) is 5.32 Å². The highest BCUT2D eigenvalue weighted by Crippen LogP contribution is 2.42. The second kappa shape index (κ2) is 5.34. The van der Waals surface area contributed by atoms with Crippen LogP contribution in [0.25, 0.3) is 0 Å². The first-order valence-corrected chi connectivity index (χ1v) is 8.06. The van der Waals surface area contributed by atoms with Gasteiger partial charge in [0.15, 0.2) is 0 Å². The Morgan fingerprint density at radius 3 is 2.53 bits per heavy atom. The van der Waals surface area contributed by atoms with Gasteiger partial charge in [0.25, 0.3) is 0 Å². The number of benzene rings is 1. The topological polar surface area (TPSA) is 12.0 Å². The fraction of sp³-hybridized carbons (Fsp3) is 0.231. The van der Waals surface area contributed by atoms with Gasteiger partial charge in [-0.15, -0.1) is 11.3 Å². The van der Waals surface area contributed by atoms with Gasteiger partial charge in [-0.1, -0.05) is 46.4 Å². The van der Waals surface area contributed by atoms with E-state index in [1.807, 2.05) is 6.07 Å². The van der Waals surface area contributed by atoms with E-state index in [1.165, 1.54) is 10.4 Å². The van der Waals surface area contributed by atoms with Gasteiger partial charge in [0.05, 0.1) is 31.1 Å². The van der Waals surface area contributed by atoms with E-state index in [0.29, 0.717) is 15.1 Å². The zero-order chi connectivity index (χ0) is 13.6. The van der Waals surface area contributed by atoms with E-state index in [0.717, 1.165) is 22.9 Å². The normalized spacial score (nSPS) is 17.6. The van der Waals surface area contributed by atoms with Gasteiger partial charge >= 0.3 is 0 Å². The lowest BCUT2D eigenvalue weighted by molar-refractivity contribution is 0.762. The lowest BCUT2D eigenvalue weighted by atomic mass is 10.1. The predicted molar refractivity (Wildman–Crippen MR) is 85.5 cm³/mol. The van der Waals surface area contributed by atoms with E-state index in [-0.39, 0.29) is 6.04 Å². The Labute approximate surface area is 135 Å². The molecule has 1 atom stereocenters. The molecule has 1 nitrogen and oxygen atoms in total. The van der Waals surface area contributed by atoms with Crippen LogP contribution in [0.1, 0.15) is 22.9 Å². The second-order valence-electron chi connectivity index (χ2n) is 4.41. The van der Waals surface area contributed by atoms with Crippen molar-refractivity contribution in [2.45, 2.75) is 18.9 Å². The maximum absolute atomic E-state index is 6.18. The maximum Gasteiger partial charge on any atom is 0.0934 e. The van der Waals surface area contributed by atoms with Gasteiger partial charge in [0, 0.05) is 4.88 Å². The van der Waals surface area contributed by atoms with E-state index < -0.39 is 0 Å². The summed E-state index contributed by atoms with van der Waals surface area (Å²) in [6, 6.07) is 5.67. The number of hydrogen-bond donors (Lipinski definition) is 1. The zero-order valence-corrected chi connectivity index (χ0v) is 13.5. The maximum atomic E-state index is 6.18. The molecule has 1 N–H and O–H groups in total. The van der Waals surface area contributed by atoms with Crippen molar-refractivity contribution in [3.8, 4) is 0 Å². The summed E-state index contributed by atoms with van der Waals surface area (Å²) in [6.45, 7) is 0. The van der Waals surface area contributed by atoms with E-state index in [1.54, 1.807) is 23.5 Å². The van der Waals surface area contributed by atoms with Gasteiger partial charge in [0.1, 0.15) is 0 Å². The lowest BCUT2D eigenvalue weighted by Crippen LogP contribution is -2.07. The molecule has 1 aromatic carbocycles. The molecule has 2 aromatic rings. The summed E-state index contributed by atoms with van der Waals surface area (Å²) in [5.74, 6) is 0. The third-order valence-electron chi connectivity index (χ3n) is 3.19.